The van der Waals surface area contributed by atoms with Gasteiger partial charge in [0.05, 0.1) is 23.8 Å². The Kier molecular flexibility index (Phi) is 7.04. The molecule has 1 aromatic heterocycles. The van der Waals surface area contributed by atoms with Crippen LogP contribution in [-0.4, -0.2) is 39.8 Å². The molecule has 2 aromatic carbocycles. The van der Waals surface area contributed by atoms with Crippen LogP contribution in [0, 0.1) is 12.7 Å². The monoisotopic (exact) mass is 447 g/mol. The number of nitrogens with one attached hydrogen (secondary N) is 2. The minimum Gasteiger partial charge on any atom is -0.348 e. The first kappa shape index (κ1) is 22.5. The number of carbonyl (C=O) groups excluding carboxylic acids is 2. The largest absolute Gasteiger partial charge is 0.348 e. The molecule has 0 bridgehead atoms. The number of aromatic nitrogens is 2. The summed E-state index contributed by atoms with van der Waals surface area (Å²) in [4.78, 5) is 36.5. The Morgan fingerprint density at radius 2 is 1.88 bits per heavy atom. The van der Waals surface area contributed by atoms with E-state index in [1.807, 2.05) is 35.2 Å². The van der Waals surface area contributed by atoms with Crippen molar-refractivity contribution in [2.45, 2.75) is 32.4 Å². The number of hydrogen-bond acceptors (Lipinski definition) is 5. The molecule has 4 rings (SSSR count). The van der Waals surface area contributed by atoms with Crippen LogP contribution in [-0.2, 0) is 11.3 Å². The van der Waals surface area contributed by atoms with Gasteiger partial charge in [0.2, 0.25) is 5.91 Å². The second kappa shape index (κ2) is 10.3. The highest BCUT2D eigenvalue weighted by molar-refractivity contribution is 5.95. The van der Waals surface area contributed by atoms with Crippen LogP contribution in [0.15, 0.2) is 60.8 Å². The standard InChI is InChI=1S/C25H26FN5O2/c1-17-27-15-21(25(33)28-14-18-6-3-2-4-7-18)24(29-17)22-8-5-13-31(22)16-23(32)30-20-11-9-19(26)10-12-20/h2-4,6-7,9-12,15,22H,5,8,13-14,16H2,1H3,(H,28,33)(H,30,32). The fourth-order valence-electron chi connectivity index (χ4n) is 4.03. The van der Waals surface area contributed by atoms with Gasteiger partial charge in [0.15, 0.2) is 0 Å². The summed E-state index contributed by atoms with van der Waals surface area (Å²) in [7, 11) is 0. The highest BCUT2D eigenvalue weighted by Crippen LogP contribution is 2.32. The van der Waals surface area contributed by atoms with E-state index in [1.54, 1.807) is 13.1 Å². The van der Waals surface area contributed by atoms with Crippen molar-refractivity contribution in [3.63, 3.8) is 0 Å². The van der Waals surface area contributed by atoms with Gasteiger partial charge < -0.3 is 10.6 Å². The fourth-order valence-corrected chi connectivity index (χ4v) is 4.03. The van der Waals surface area contributed by atoms with Gasteiger partial charge in [0.25, 0.3) is 5.91 Å². The highest BCUT2D eigenvalue weighted by atomic mass is 19.1. The molecule has 170 valence electrons. The third-order valence-electron chi connectivity index (χ3n) is 5.63. The van der Waals surface area contributed by atoms with E-state index in [0.717, 1.165) is 24.9 Å². The topological polar surface area (TPSA) is 87.2 Å². The number of likely N-dealkylation sites (tertiary alicyclic amines) is 1. The SMILES string of the molecule is Cc1ncc(C(=O)NCc2ccccc2)c(C2CCCN2CC(=O)Nc2ccc(F)cc2)n1. The smallest absolute Gasteiger partial charge is 0.255 e. The van der Waals surface area contributed by atoms with Gasteiger partial charge in [0, 0.05) is 18.4 Å². The fraction of sp³-hybridized carbons (Fsp3) is 0.280. The van der Waals surface area contributed by atoms with Crippen molar-refractivity contribution in [2.75, 3.05) is 18.4 Å². The van der Waals surface area contributed by atoms with Crippen LogP contribution in [0.1, 0.15) is 46.3 Å². The quantitative estimate of drug-likeness (QED) is 0.578. The van der Waals surface area contributed by atoms with Crippen LogP contribution in [0.4, 0.5) is 10.1 Å². The number of carbonyl (C=O) groups is 2. The molecule has 0 radical (unpaired) electrons. The Morgan fingerprint density at radius 1 is 1.12 bits per heavy atom. The molecule has 0 spiro atoms. The lowest BCUT2D eigenvalue weighted by Crippen LogP contribution is -2.35. The molecule has 1 fully saturated rings. The molecule has 0 aliphatic carbocycles. The number of hydrogen-bond donors (Lipinski definition) is 2. The first-order valence-corrected chi connectivity index (χ1v) is 10.9. The van der Waals surface area contributed by atoms with Crippen molar-refractivity contribution in [3.8, 4) is 0 Å². The van der Waals surface area contributed by atoms with E-state index in [2.05, 4.69) is 20.6 Å². The average Bonchev–Trinajstić information content (AvgIpc) is 3.27. The van der Waals surface area contributed by atoms with Gasteiger partial charge in [-0.2, -0.15) is 0 Å². The van der Waals surface area contributed by atoms with Crippen molar-refractivity contribution in [3.05, 3.63) is 89.3 Å². The van der Waals surface area contributed by atoms with Crippen molar-refractivity contribution in [1.29, 1.82) is 0 Å². The lowest BCUT2D eigenvalue weighted by Gasteiger charge is -2.25. The Bertz CT molecular complexity index is 1120. The summed E-state index contributed by atoms with van der Waals surface area (Å²) in [5.74, 6) is -0.220. The van der Waals surface area contributed by atoms with Crippen molar-refractivity contribution in [1.82, 2.24) is 20.2 Å². The van der Waals surface area contributed by atoms with E-state index in [0.29, 0.717) is 29.3 Å². The van der Waals surface area contributed by atoms with Gasteiger partial charge >= 0.3 is 0 Å². The third-order valence-corrected chi connectivity index (χ3v) is 5.63. The van der Waals surface area contributed by atoms with E-state index in [4.69, 9.17) is 0 Å². The molecule has 2 amide bonds. The zero-order chi connectivity index (χ0) is 23.2. The molecule has 7 nitrogen and oxygen atoms in total. The summed E-state index contributed by atoms with van der Waals surface area (Å²) in [6, 6.07) is 15.2. The Balaban J connectivity index is 1.47. The second-order valence-corrected chi connectivity index (χ2v) is 8.07. The first-order chi connectivity index (χ1) is 16.0. The van der Waals surface area contributed by atoms with Gasteiger partial charge in [-0.15, -0.1) is 0 Å². The van der Waals surface area contributed by atoms with Crippen LogP contribution in [0.5, 0.6) is 0 Å². The summed E-state index contributed by atoms with van der Waals surface area (Å²) >= 11 is 0. The molecule has 2 N–H and O–H groups in total. The van der Waals surface area contributed by atoms with Crippen molar-refractivity contribution in [2.24, 2.45) is 0 Å². The maximum absolute atomic E-state index is 13.1. The van der Waals surface area contributed by atoms with Gasteiger partial charge in [-0.25, -0.2) is 14.4 Å². The Labute approximate surface area is 192 Å². The average molecular weight is 448 g/mol. The molecule has 8 heteroatoms. The predicted octanol–water partition coefficient (Wildman–Crippen LogP) is 3.63. The third kappa shape index (κ3) is 5.78. The molecular formula is C25H26FN5O2. The van der Waals surface area contributed by atoms with Crippen LogP contribution in [0.3, 0.4) is 0 Å². The number of benzene rings is 2. The molecular weight excluding hydrogens is 421 g/mol. The van der Waals surface area contributed by atoms with Gasteiger partial charge in [-0.1, -0.05) is 30.3 Å². The maximum atomic E-state index is 13.1. The van der Waals surface area contributed by atoms with Gasteiger partial charge in [0.1, 0.15) is 11.6 Å². The molecule has 33 heavy (non-hydrogen) atoms. The molecule has 1 unspecified atom stereocenters. The van der Waals surface area contributed by atoms with E-state index < -0.39 is 0 Å². The lowest BCUT2D eigenvalue weighted by molar-refractivity contribution is -0.117. The molecule has 1 aliphatic rings. The number of aryl methyl sites for hydroxylation is 1. The van der Waals surface area contributed by atoms with E-state index in [9.17, 15) is 14.0 Å². The summed E-state index contributed by atoms with van der Waals surface area (Å²) in [6.45, 7) is 3.06. The maximum Gasteiger partial charge on any atom is 0.255 e. The summed E-state index contributed by atoms with van der Waals surface area (Å²) < 4.78 is 13.1. The summed E-state index contributed by atoms with van der Waals surface area (Å²) in [5.41, 5.74) is 2.60. The Morgan fingerprint density at radius 3 is 2.64 bits per heavy atom. The molecule has 2 heterocycles. The lowest BCUT2D eigenvalue weighted by atomic mass is 10.0. The first-order valence-electron chi connectivity index (χ1n) is 10.9. The molecule has 3 aromatic rings. The summed E-state index contributed by atoms with van der Waals surface area (Å²) in [5, 5.41) is 5.74. The normalized spacial score (nSPS) is 15.9. The predicted molar refractivity (Wildman–Crippen MR) is 123 cm³/mol. The second-order valence-electron chi connectivity index (χ2n) is 8.07. The number of nitrogens with zero attached hydrogens (tertiary/aromatic N) is 3. The van der Waals surface area contributed by atoms with Crippen LogP contribution in [0.25, 0.3) is 0 Å². The molecule has 1 atom stereocenters. The molecule has 0 saturated carbocycles. The van der Waals surface area contributed by atoms with E-state index in [-0.39, 0.29) is 30.2 Å². The molecule has 1 saturated heterocycles. The Hall–Kier alpha value is -3.65. The summed E-state index contributed by atoms with van der Waals surface area (Å²) in [6.07, 6.45) is 3.24. The number of anilines is 1. The molecule has 1 aliphatic heterocycles. The van der Waals surface area contributed by atoms with Crippen LogP contribution in [0.2, 0.25) is 0 Å². The van der Waals surface area contributed by atoms with E-state index >= 15 is 0 Å². The zero-order valence-corrected chi connectivity index (χ0v) is 18.4. The van der Waals surface area contributed by atoms with Crippen LogP contribution >= 0.6 is 0 Å². The van der Waals surface area contributed by atoms with Crippen molar-refractivity contribution < 1.29 is 14.0 Å². The number of rotatable bonds is 7. The van der Waals surface area contributed by atoms with Gasteiger partial charge in [-0.05, 0) is 56.1 Å². The number of halogens is 1. The minimum absolute atomic E-state index is 0.149. The van der Waals surface area contributed by atoms with E-state index in [1.165, 1.54) is 24.3 Å². The zero-order valence-electron chi connectivity index (χ0n) is 18.4. The van der Waals surface area contributed by atoms with Crippen molar-refractivity contribution >= 4 is 17.5 Å². The minimum atomic E-state index is -0.357. The number of amides is 2. The van der Waals surface area contributed by atoms with Crippen LogP contribution < -0.4 is 10.6 Å². The van der Waals surface area contributed by atoms with Gasteiger partial charge in [-0.3, -0.25) is 14.5 Å². The highest BCUT2D eigenvalue weighted by Gasteiger charge is 2.32.